The van der Waals surface area contributed by atoms with Crippen LogP contribution in [0.3, 0.4) is 0 Å². The smallest absolute Gasteiger partial charge is 0.261 e. The molecule has 2 aromatic carbocycles. The maximum Gasteiger partial charge on any atom is 0.261 e. The van der Waals surface area contributed by atoms with E-state index in [-0.39, 0.29) is 23.8 Å². The Hall–Kier alpha value is -3.15. The second-order valence-electron chi connectivity index (χ2n) is 7.41. The molecule has 0 unspecified atom stereocenters. The summed E-state index contributed by atoms with van der Waals surface area (Å²) >= 11 is 0. The molecular formula is C22H26N4O2. The van der Waals surface area contributed by atoms with E-state index in [0.717, 1.165) is 0 Å². The number of carbonyl (C=O) groups is 2. The fraction of sp³-hybridized carbons (Fsp3) is 0.318. The average Bonchev–Trinajstić information content (AvgIpc) is 2.96. The number of hydrogen-bond donors (Lipinski definition) is 2. The third-order valence-corrected chi connectivity index (χ3v) is 4.98. The molecule has 6 heteroatoms. The Morgan fingerprint density at radius 2 is 1.50 bits per heavy atom. The summed E-state index contributed by atoms with van der Waals surface area (Å²) in [5, 5.41) is 6.50. The number of imide groups is 1. The maximum atomic E-state index is 12.4. The van der Waals surface area contributed by atoms with Crippen molar-refractivity contribution in [3.05, 3.63) is 71.3 Å². The third kappa shape index (κ3) is 4.06. The number of amides is 2. The minimum absolute atomic E-state index is 0.0680. The van der Waals surface area contributed by atoms with Gasteiger partial charge in [-0.05, 0) is 17.7 Å². The van der Waals surface area contributed by atoms with Gasteiger partial charge in [0.15, 0.2) is 5.96 Å². The van der Waals surface area contributed by atoms with E-state index in [2.05, 4.69) is 41.6 Å². The number of carbonyl (C=O) groups excluding carboxylic acids is 2. The van der Waals surface area contributed by atoms with Gasteiger partial charge in [0.25, 0.3) is 11.8 Å². The number of nitrogens with zero attached hydrogens (tertiary/aromatic N) is 2. The maximum absolute atomic E-state index is 12.4. The molecule has 28 heavy (non-hydrogen) atoms. The Morgan fingerprint density at radius 3 is 2.07 bits per heavy atom. The van der Waals surface area contributed by atoms with Gasteiger partial charge in [-0.3, -0.25) is 19.5 Å². The average molecular weight is 378 g/mol. The molecule has 1 heterocycles. The Kier molecular flexibility index (Phi) is 5.78. The lowest BCUT2D eigenvalue weighted by Crippen LogP contribution is -2.46. The van der Waals surface area contributed by atoms with Gasteiger partial charge in [0.2, 0.25) is 0 Å². The summed E-state index contributed by atoms with van der Waals surface area (Å²) in [5.74, 6) is 0.159. The second-order valence-corrected chi connectivity index (χ2v) is 7.41. The molecule has 0 saturated carbocycles. The van der Waals surface area contributed by atoms with E-state index in [4.69, 9.17) is 0 Å². The van der Waals surface area contributed by atoms with Crippen LogP contribution in [0.2, 0.25) is 0 Å². The minimum Gasteiger partial charge on any atom is -0.356 e. The van der Waals surface area contributed by atoms with Gasteiger partial charge >= 0.3 is 0 Å². The van der Waals surface area contributed by atoms with Crippen LogP contribution < -0.4 is 10.6 Å². The number of benzene rings is 2. The van der Waals surface area contributed by atoms with E-state index >= 15 is 0 Å². The summed E-state index contributed by atoms with van der Waals surface area (Å²) in [5.41, 5.74) is 2.12. The van der Waals surface area contributed by atoms with E-state index in [0.29, 0.717) is 30.2 Å². The van der Waals surface area contributed by atoms with Gasteiger partial charge in [-0.25, -0.2) is 0 Å². The first-order chi connectivity index (χ1) is 13.4. The Bertz CT molecular complexity index is 855. The molecule has 3 rings (SSSR count). The minimum atomic E-state index is -0.240. The van der Waals surface area contributed by atoms with Crippen molar-refractivity contribution in [3.8, 4) is 0 Å². The van der Waals surface area contributed by atoms with Gasteiger partial charge in [0.1, 0.15) is 0 Å². The van der Waals surface area contributed by atoms with E-state index in [1.165, 1.54) is 10.5 Å². The van der Waals surface area contributed by atoms with Crippen LogP contribution in [0, 0.1) is 0 Å². The molecule has 146 valence electrons. The summed E-state index contributed by atoms with van der Waals surface area (Å²) in [7, 11) is 1.70. The molecule has 0 atom stereocenters. The molecule has 0 radical (unpaired) electrons. The van der Waals surface area contributed by atoms with E-state index in [1.807, 2.05) is 18.2 Å². The molecule has 0 fully saturated rings. The van der Waals surface area contributed by atoms with Crippen LogP contribution >= 0.6 is 0 Å². The van der Waals surface area contributed by atoms with E-state index < -0.39 is 0 Å². The van der Waals surface area contributed by atoms with Gasteiger partial charge in [-0.15, -0.1) is 0 Å². The number of hydrogen-bond acceptors (Lipinski definition) is 3. The van der Waals surface area contributed by atoms with Crippen LogP contribution in [-0.2, 0) is 5.41 Å². The van der Waals surface area contributed by atoms with Crippen LogP contribution in [0.5, 0.6) is 0 Å². The van der Waals surface area contributed by atoms with Crippen molar-refractivity contribution in [3.63, 3.8) is 0 Å². The monoisotopic (exact) mass is 378 g/mol. The molecule has 2 N–H and O–H groups in total. The molecule has 6 nitrogen and oxygen atoms in total. The fourth-order valence-corrected chi connectivity index (χ4v) is 3.25. The SMILES string of the molecule is CN=C(NCCN1C(=O)c2ccccc2C1=O)NCC(C)(C)c1ccccc1. The van der Waals surface area contributed by atoms with Gasteiger partial charge in [0, 0.05) is 32.1 Å². The van der Waals surface area contributed by atoms with Crippen LogP contribution in [-0.4, -0.2) is 49.4 Å². The molecule has 1 aliphatic heterocycles. The van der Waals surface area contributed by atoms with Crippen LogP contribution in [0.15, 0.2) is 59.6 Å². The highest BCUT2D eigenvalue weighted by Crippen LogP contribution is 2.22. The summed E-state index contributed by atoms with van der Waals surface area (Å²) in [6, 6.07) is 17.2. The lowest BCUT2D eigenvalue weighted by molar-refractivity contribution is 0.0657. The van der Waals surface area contributed by atoms with Crippen LogP contribution in [0.1, 0.15) is 40.1 Å². The van der Waals surface area contributed by atoms with Gasteiger partial charge in [0.05, 0.1) is 11.1 Å². The van der Waals surface area contributed by atoms with Crippen LogP contribution in [0.4, 0.5) is 0 Å². The Labute approximate surface area is 165 Å². The van der Waals surface area contributed by atoms with E-state index in [9.17, 15) is 9.59 Å². The largest absolute Gasteiger partial charge is 0.356 e. The van der Waals surface area contributed by atoms with Gasteiger partial charge in [-0.2, -0.15) is 0 Å². The highest BCUT2D eigenvalue weighted by Gasteiger charge is 2.34. The standard InChI is InChI=1S/C22H26N4O2/c1-22(2,16-9-5-4-6-10-16)15-25-21(23-3)24-13-14-26-19(27)17-11-7-8-12-18(17)20(26)28/h4-12H,13-15H2,1-3H3,(H2,23,24,25). The first-order valence-corrected chi connectivity index (χ1v) is 9.39. The van der Waals surface area contributed by atoms with Crippen molar-refractivity contribution in [1.29, 1.82) is 0 Å². The molecule has 0 spiro atoms. The van der Waals surface area contributed by atoms with Gasteiger partial charge in [-0.1, -0.05) is 56.3 Å². The number of aliphatic imine (C=N–C) groups is 1. The zero-order valence-corrected chi connectivity index (χ0v) is 16.5. The van der Waals surface area contributed by atoms with Crippen molar-refractivity contribution in [1.82, 2.24) is 15.5 Å². The van der Waals surface area contributed by atoms with Crippen molar-refractivity contribution < 1.29 is 9.59 Å². The number of fused-ring (bicyclic) bond motifs is 1. The van der Waals surface area contributed by atoms with E-state index in [1.54, 1.807) is 31.3 Å². The quantitative estimate of drug-likeness (QED) is 0.460. The topological polar surface area (TPSA) is 73.8 Å². The number of nitrogens with one attached hydrogen (secondary N) is 2. The molecule has 0 aromatic heterocycles. The molecular weight excluding hydrogens is 352 g/mol. The van der Waals surface area contributed by atoms with Crippen molar-refractivity contribution >= 4 is 17.8 Å². The summed E-state index contributed by atoms with van der Waals surface area (Å²) in [4.78, 5) is 30.3. The first kappa shape index (κ1) is 19.6. The third-order valence-electron chi connectivity index (χ3n) is 4.98. The lowest BCUT2D eigenvalue weighted by atomic mass is 9.85. The molecule has 2 aromatic rings. The summed E-state index contributed by atoms with van der Waals surface area (Å²) in [6.07, 6.45) is 0. The van der Waals surface area contributed by atoms with Crippen molar-refractivity contribution in [2.45, 2.75) is 19.3 Å². The molecule has 0 saturated heterocycles. The first-order valence-electron chi connectivity index (χ1n) is 9.39. The Balaban J connectivity index is 1.52. The van der Waals surface area contributed by atoms with Crippen molar-refractivity contribution in [2.75, 3.05) is 26.7 Å². The molecule has 2 amide bonds. The van der Waals surface area contributed by atoms with Crippen LogP contribution in [0.25, 0.3) is 0 Å². The zero-order valence-electron chi connectivity index (χ0n) is 16.5. The number of guanidine groups is 1. The predicted molar refractivity (Wildman–Crippen MR) is 111 cm³/mol. The Morgan fingerprint density at radius 1 is 0.929 bits per heavy atom. The van der Waals surface area contributed by atoms with Crippen molar-refractivity contribution in [2.24, 2.45) is 4.99 Å². The second kappa shape index (κ2) is 8.25. The zero-order chi connectivity index (χ0) is 20.1. The molecule has 0 bridgehead atoms. The highest BCUT2D eigenvalue weighted by atomic mass is 16.2. The highest BCUT2D eigenvalue weighted by molar-refractivity contribution is 6.21. The molecule has 1 aliphatic rings. The normalized spacial score (nSPS) is 14.2. The number of rotatable bonds is 6. The molecule has 0 aliphatic carbocycles. The summed E-state index contributed by atoms with van der Waals surface area (Å²) in [6.45, 7) is 5.75. The fourth-order valence-electron chi connectivity index (χ4n) is 3.25. The van der Waals surface area contributed by atoms with Gasteiger partial charge < -0.3 is 10.6 Å². The lowest BCUT2D eigenvalue weighted by Gasteiger charge is -2.27. The predicted octanol–water partition coefficient (Wildman–Crippen LogP) is 2.43. The summed E-state index contributed by atoms with van der Waals surface area (Å²) < 4.78 is 0.